The first-order valence-electron chi connectivity index (χ1n) is 13.6. The molecule has 0 radical (unpaired) electrons. The number of ketones is 1. The number of carbonyl (C=O) groups excluding carboxylic acids is 2. The molecule has 1 aromatic heterocycles. The zero-order valence-electron chi connectivity index (χ0n) is 23.2. The van der Waals surface area contributed by atoms with E-state index in [0.717, 1.165) is 22.4 Å². The second-order valence-electron chi connectivity index (χ2n) is 10.7. The van der Waals surface area contributed by atoms with Gasteiger partial charge in [0.2, 0.25) is 5.13 Å². The molecule has 2 atom stereocenters. The highest BCUT2D eigenvalue weighted by Gasteiger charge is 2.48. The molecule has 214 valence electrons. The first kappa shape index (κ1) is 28.1. The van der Waals surface area contributed by atoms with Gasteiger partial charge in [-0.05, 0) is 65.4 Å². The van der Waals surface area contributed by atoms with Crippen molar-refractivity contribution in [3.63, 3.8) is 0 Å². The third kappa shape index (κ3) is 5.32. The van der Waals surface area contributed by atoms with Gasteiger partial charge in [0.05, 0.1) is 11.6 Å². The van der Waals surface area contributed by atoms with Crippen LogP contribution in [0, 0.1) is 5.82 Å². The molecule has 0 spiro atoms. The SMILES string of the molecule is CC(C)c1ccc([C@@H]2C(=C(O)c3ccc4c(c3)C[C@H](C)O4)C(=O)C(=O)N2c2nnc(SCc3ccc(F)cc3)s2)cc1. The highest BCUT2D eigenvalue weighted by atomic mass is 32.2. The van der Waals surface area contributed by atoms with Crippen LogP contribution in [0.15, 0.2) is 76.6 Å². The average molecular weight is 602 g/mol. The Kier molecular flexibility index (Phi) is 7.59. The Bertz CT molecular complexity index is 1700. The van der Waals surface area contributed by atoms with E-state index in [-0.39, 0.29) is 28.4 Å². The minimum atomic E-state index is -0.891. The number of amides is 1. The molecule has 1 saturated heterocycles. The van der Waals surface area contributed by atoms with Gasteiger partial charge in [-0.25, -0.2) is 4.39 Å². The van der Waals surface area contributed by atoms with Gasteiger partial charge in [-0.15, -0.1) is 10.2 Å². The molecule has 0 bridgehead atoms. The van der Waals surface area contributed by atoms with E-state index in [0.29, 0.717) is 33.6 Å². The number of ether oxygens (including phenoxy) is 1. The Balaban J connectivity index is 1.39. The van der Waals surface area contributed by atoms with E-state index < -0.39 is 17.7 Å². The molecule has 1 N–H and O–H groups in total. The van der Waals surface area contributed by atoms with E-state index in [1.807, 2.05) is 37.3 Å². The number of thioether (sulfide) groups is 1. The minimum absolute atomic E-state index is 0.0000686. The number of carbonyl (C=O) groups is 2. The van der Waals surface area contributed by atoms with Gasteiger partial charge in [0.15, 0.2) is 4.34 Å². The van der Waals surface area contributed by atoms with Crippen molar-refractivity contribution in [1.29, 1.82) is 0 Å². The first-order valence-corrected chi connectivity index (χ1v) is 15.4. The van der Waals surface area contributed by atoms with Crippen LogP contribution < -0.4 is 9.64 Å². The summed E-state index contributed by atoms with van der Waals surface area (Å²) in [7, 11) is 0. The molecule has 4 aromatic rings. The number of aromatic nitrogens is 2. The summed E-state index contributed by atoms with van der Waals surface area (Å²) in [6.07, 6.45) is 0.712. The topological polar surface area (TPSA) is 92.6 Å². The second kappa shape index (κ2) is 11.3. The lowest BCUT2D eigenvalue weighted by molar-refractivity contribution is -0.132. The predicted octanol–water partition coefficient (Wildman–Crippen LogP) is 7.04. The summed E-state index contributed by atoms with van der Waals surface area (Å²) in [5, 5.41) is 20.3. The molecule has 10 heteroatoms. The summed E-state index contributed by atoms with van der Waals surface area (Å²) in [5.41, 5.74) is 4.08. The van der Waals surface area contributed by atoms with Crippen LogP contribution in [-0.4, -0.2) is 33.1 Å². The van der Waals surface area contributed by atoms with Crippen molar-refractivity contribution in [2.75, 3.05) is 4.90 Å². The monoisotopic (exact) mass is 601 g/mol. The summed E-state index contributed by atoms with van der Waals surface area (Å²) in [6, 6.07) is 18.3. The first-order chi connectivity index (χ1) is 20.2. The number of halogens is 1. The number of benzene rings is 3. The van der Waals surface area contributed by atoms with Crippen molar-refractivity contribution in [2.24, 2.45) is 0 Å². The molecule has 3 heterocycles. The number of Topliss-reactive ketones (excluding diaryl/α,β-unsaturated/α-hetero) is 1. The number of anilines is 1. The number of nitrogens with zero attached hydrogens (tertiary/aromatic N) is 3. The Hall–Kier alpha value is -4.02. The maximum Gasteiger partial charge on any atom is 0.301 e. The van der Waals surface area contributed by atoms with Crippen molar-refractivity contribution < 1.29 is 23.8 Å². The van der Waals surface area contributed by atoms with E-state index in [9.17, 15) is 19.1 Å². The smallest absolute Gasteiger partial charge is 0.301 e. The number of fused-ring (bicyclic) bond motifs is 1. The zero-order valence-corrected chi connectivity index (χ0v) is 24.8. The molecule has 6 rings (SSSR count). The number of rotatable bonds is 7. The average Bonchev–Trinajstić information content (AvgIpc) is 3.67. The van der Waals surface area contributed by atoms with Crippen LogP contribution in [0.2, 0.25) is 0 Å². The third-order valence-electron chi connectivity index (χ3n) is 7.41. The van der Waals surface area contributed by atoms with Crippen LogP contribution in [-0.2, 0) is 21.8 Å². The van der Waals surface area contributed by atoms with Crippen molar-refractivity contribution >= 4 is 45.7 Å². The van der Waals surface area contributed by atoms with Crippen LogP contribution in [0.5, 0.6) is 5.75 Å². The minimum Gasteiger partial charge on any atom is -0.507 e. The molecule has 1 amide bonds. The summed E-state index contributed by atoms with van der Waals surface area (Å²) in [4.78, 5) is 28.5. The fraction of sp³-hybridized carbons (Fsp3) is 0.250. The van der Waals surface area contributed by atoms with Crippen LogP contribution in [0.25, 0.3) is 5.76 Å². The number of hydrogen-bond donors (Lipinski definition) is 1. The lowest BCUT2D eigenvalue weighted by Gasteiger charge is -2.23. The summed E-state index contributed by atoms with van der Waals surface area (Å²) in [5.74, 6) is -0.530. The van der Waals surface area contributed by atoms with E-state index in [4.69, 9.17) is 4.74 Å². The molecular weight excluding hydrogens is 574 g/mol. The van der Waals surface area contributed by atoms with E-state index >= 15 is 0 Å². The maximum absolute atomic E-state index is 13.6. The number of aliphatic hydroxyl groups is 1. The quantitative estimate of drug-likeness (QED) is 0.0798. The Morgan fingerprint density at radius 1 is 1.10 bits per heavy atom. The zero-order chi connectivity index (χ0) is 29.5. The van der Waals surface area contributed by atoms with Gasteiger partial charge in [-0.1, -0.05) is 73.3 Å². The summed E-state index contributed by atoms with van der Waals surface area (Å²) >= 11 is 2.59. The molecule has 42 heavy (non-hydrogen) atoms. The Labute approximate surface area is 251 Å². The van der Waals surface area contributed by atoms with Crippen LogP contribution in [0.1, 0.15) is 60.5 Å². The van der Waals surface area contributed by atoms with Gasteiger partial charge >= 0.3 is 5.91 Å². The van der Waals surface area contributed by atoms with Crippen molar-refractivity contribution in [3.05, 3.63) is 106 Å². The standard InChI is InChI=1S/C32H28FN3O4S2/c1-17(2)20-6-8-21(9-7-20)27-26(28(37)22-10-13-25-23(15-22)14-18(3)40-25)29(38)30(39)36(27)31-34-35-32(42-31)41-16-19-4-11-24(33)12-5-19/h4-13,15,17-18,27,37H,14,16H2,1-3H3/t18-,27+/m0/s1. The molecule has 0 aliphatic carbocycles. The van der Waals surface area contributed by atoms with Crippen molar-refractivity contribution in [2.45, 2.75) is 55.3 Å². The molecular formula is C32H28FN3O4S2. The van der Waals surface area contributed by atoms with Crippen LogP contribution in [0.3, 0.4) is 0 Å². The molecule has 0 saturated carbocycles. The highest BCUT2D eigenvalue weighted by Crippen LogP contribution is 2.45. The van der Waals surface area contributed by atoms with Crippen molar-refractivity contribution in [3.8, 4) is 5.75 Å². The van der Waals surface area contributed by atoms with Crippen LogP contribution in [0.4, 0.5) is 9.52 Å². The summed E-state index contributed by atoms with van der Waals surface area (Å²) < 4.78 is 19.7. The normalized spacial score (nSPS) is 19.4. The van der Waals surface area contributed by atoms with Gasteiger partial charge < -0.3 is 9.84 Å². The largest absolute Gasteiger partial charge is 0.507 e. The molecule has 0 unspecified atom stereocenters. The molecule has 2 aliphatic rings. The third-order valence-corrected chi connectivity index (χ3v) is 9.54. The molecule has 1 fully saturated rings. The van der Waals surface area contributed by atoms with Crippen LogP contribution >= 0.6 is 23.1 Å². The van der Waals surface area contributed by atoms with Gasteiger partial charge in [-0.3, -0.25) is 14.5 Å². The lowest BCUT2D eigenvalue weighted by Crippen LogP contribution is -2.29. The molecule has 2 aliphatic heterocycles. The lowest BCUT2D eigenvalue weighted by atomic mass is 9.93. The fourth-order valence-electron chi connectivity index (χ4n) is 5.22. The predicted molar refractivity (Wildman–Crippen MR) is 161 cm³/mol. The van der Waals surface area contributed by atoms with Gasteiger partial charge in [0, 0.05) is 17.7 Å². The molecule has 3 aromatic carbocycles. The van der Waals surface area contributed by atoms with E-state index in [2.05, 4.69) is 24.0 Å². The van der Waals surface area contributed by atoms with E-state index in [1.165, 1.54) is 40.1 Å². The number of aliphatic hydroxyl groups excluding tert-OH is 1. The second-order valence-corrected chi connectivity index (χ2v) is 12.9. The van der Waals surface area contributed by atoms with E-state index in [1.54, 1.807) is 24.3 Å². The maximum atomic E-state index is 13.6. The fourth-order valence-corrected chi connectivity index (χ4v) is 7.04. The van der Waals surface area contributed by atoms with Gasteiger partial charge in [-0.2, -0.15) is 0 Å². The Morgan fingerprint density at radius 2 is 1.83 bits per heavy atom. The number of hydrogen-bond acceptors (Lipinski definition) is 8. The Morgan fingerprint density at radius 3 is 2.55 bits per heavy atom. The highest BCUT2D eigenvalue weighted by molar-refractivity contribution is 8.00. The molecule has 7 nitrogen and oxygen atoms in total. The van der Waals surface area contributed by atoms with Gasteiger partial charge in [0.1, 0.15) is 23.4 Å². The van der Waals surface area contributed by atoms with Crippen molar-refractivity contribution in [1.82, 2.24) is 10.2 Å². The van der Waals surface area contributed by atoms with Gasteiger partial charge in [0.25, 0.3) is 5.78 Å². The summed E-state index contributed by atoms with van der Waals surface area (Å²) in [6.45, 7) is 6.15.